The van der Waals surface area contributed by atoms with Crippen LogP contribution in [-0.2, 0) is 6.42 Å². The van der Waals surface area contributed by atoms with Crippen LogP contribution in [0.1, 0.15) is 21.6 Å². The van der Waals surface area contributed by atoms with Crippen LogP contribution in [0.25, 0.3) is 16.6 Å². The number of aromatic amines is 1. The van der Waals surface area contributed by atoms with E-state index in [4.69, 9.17) is 0 Å². The van der Waals surface area contributed by atoms with Crippen LogP contribution < -0.4 is 5.32 Å². The third-order valence-electron chi connectivity index (χ3n) is 4.19. The lowest BCUT2D eigenvalue weighted by atomic mass is 10.1. The summed E-state index contributed by atoms with van der Waals surface area (Å²) in [7, 11) is 0. The highest BCUT2D eigenvalue weighted by Gasteiger charge is 2.08. The Kier molecular flexibility index (Phi) is 3.54. The molecule has 120 valence electrons. The van der Waals surface area contributed by atoms with Crippen molar-refractivity contribution in [2.24, 2.45) is 0 Å². The zero-order valence-corrected chi connectivity index (χ0v) is 13.4. The van der Waals surface area contributed by atoms with Gasteiger partial charge in [0.05, 0.1) is 11.3 Å². The summed E-state index contributed by atoms with van der Waals surface area (Å²) < 4.78 is 1.88. The Labute approximate surface area is 139 Å². The van der Waals surface area contributed by atoms with Crippen molar-refractivity contribution in [2.75, 3.05) is 6.54 Å². The van der Waals surface area contributed by atoms with Gasteiger partial charge in [0.15, 0.2) is 0 Å². The number of hydrogen-bond donors (Lipinski definition) is 2. The van der Waals surface area contributed by atoms with Gasteiger partial charge in [-0.2, -0.15) is 0 Å². The number of carbonyl (C=O) groups excluding carboxylic acids is 1. The van der Waals surface area contributed by atoms with Gasteiger partial charge in [-0.3, -0.25) is 4.79 Å². The summed E-state index contributed by atoms with van der Waals surface area (Å²) in [5.74, 6) is -0.0666. The molecule has 0 atom stereocenters. The molecule has 0 spiro atoms. The van der Waals surface area contributed by atoms with Crippen LogP contribution in [0.15, 0.2) is 55.0 Å². The smallest absolute Gasteiger partial charge is 0.252 e. The average Bonchev–Trinajstić information content (AvgIpc) is 3.16. The Morgan fingerprint density at radius 2 is 2.08 bits per heavy atom. The number of amides is 1. The number of nitrogens with one attached hydrogen (secondary N) is 2. The van der Waals surface area contributed by atoms with Gasteiger partial charge in [0.25, 0.3) is 5.91 Å². The Hall–Kier alpha value is -3.08. The predicted octanol–water partition coefficient (Wildman–Crippen LogP) is 3.10. The summed E-state index contributed by atoms with van der Waals surface area (Å²) in [5.41, 5.74) is 4.76. The molecule has 1 amide bonds. The first-order valence-electron chi connectivity index (χ1n) is 7.99. The van der Waals surface area contributed by atoms with Crippen molar-refractivity contribution in [3.05, 3.63) is 71.8 Å². The first-order chi connectivity index (χ1) is 11.7. The molecular formula is C19H18N4O. The van der Waals surface area contributed by atoms with Crippen LogP contribution in [0.4, 0.5) is 0 Å². The van der Waals surface area contributed by atoms with E-state index in [1.165, 1.54) is 10.9 Å². The van der Waals surface area contributed by atoms with Gasteiger partial charge < -0.3 is 14.7 Å². The van der Waals surface area contributed by atoms with Crippen molar-refractivity contribution in [2.45, 2.75) is 13.3 Å². The van der Waals surface area contributed by atoms with Gasteiger partial charge in [0, 0.05) is 36.0 Å². The molecule has 0 saturated heterocycles. The van der Waals surface area contributed by atoms with Crippen LogP contribution in [0, 0.1) is 6.92 Å². The van der Waals surface area contributed by atoms with Gasteiger partial charge in [-0.15, -0.1) is 0 Å². The Morgan fingerprint density at radius 3 is 3.00 bits per heavy atom. The highest BCUT2D eigenvalue weighted by molar-refractivity contribution is 5.94. The van der Waals surface area contributed by atoms with Gasteiger partial charge in [0.2, 0.25) is 0 Å². The molecule has 3 aromatic heterocycles. The zero-order chi connectivity index (χ0) is 16.5. The van der Waals surface area contributed by atoms with Crippen LogP contribution in [0.2, 0.25) is 0 Å². The molecule has 3 heterocycles. The molecule has 4 aromatic rings. The zero-order valence-electron chi connectivity index (χ0n) is 13.4. The predicted molar refractivity (Wildman–Crippen MR) is 94.3 cm³/mol. The number of hydrogen-bond acceptors (Lipinski definition) is 2. The SMILES string of the molecule is Cc1cn2cc(C(=O)NCCc3c[nH]c4ccccc34)ccc2n1. The average molecular weight is 318 g/mol. The molecule has 0 aliphatic heterocycles. The van der Waals surface area contributed by atoms with Crippen LogP contribution in [-0.4, -0.2) is 26.8 Å². The van der Waals surface area contributed by atoms with Crippen LogP contribution >= 0.6 is 0 Å². The van der Waals surface area contributed by atoms with Crippen LogP contribution in [0.3, 0.4) is 0 Å². The number of H-pyrrole nitrogens is 1. The third-order valence-corrected chi connectivity index (χ3v) is 4.19. The number of benzene rings is 1. The first-order valence-corrected chi connectivity index (χ1v) is 7.99. The molecule has 0 aliphatic rings. The van der Waals surface area contributed by atoms with Crippen molar-refractivity contribution in [1.29, 1.82) is 0 Å². The number of carbonyl (C=O) groups is 1. The molecule has 0 radical (unpaired) electrons. The molecule has 0 aliphatic carbocycles. The summed E-state index contributed by atoms with van der Waals surface area (Å²) in [6.07, 6.45) is 6.54. The minimum absolute atomic E-state index is 0.0666. The van der Waals surface area contributed by atoms with E-state index in [1.54, 1.807) is 0 Å². The molecule has 4 rings (SSSR count). The minimum atomic E-state index is -0.0666. The van der Waals surface area contributed by atoms with Crippen molar-refractivity contribution >= 4 is 22.5 Å². The molecule has 2 N–H and O–H groups in total. The largest absolute Gasteiger partial charge is 0.361 e. The van der Waals surface area contributed by atoms with E-state index in [1.807, 2.05) is 54.2 Å². The number of aromatic nitrogens is 3. The fraction of sp³-hybridized carbons (Fsp3) is 0.158. The Bertz CT molecular complexity index is 1030. The Balaban J connectivity index is 1.44. The molecule has 5 heteroatoms. The van der Waals surface area contributed by atoms with Crippen molar-refractivity contribution in [3.63, 3.8) is 0 Å². The van der Waals surface area contributed by atoms with Crippen molar-refractivity contribution in [1.82, 2.24) is 19.7 Å². The second kappa shape index (κ2) is 5.85. The third kappa shape index (κ3) is 2.65. The van der Waals surface area contributed by atoms with E-state index in [-0.39, 0.29) is 5.91 Å². The molecule has 0 unspecified atom stereocenters. The number of aryl methyl sites for hydroxylation is 1. The van der Waals surface area contributed by atoms with Gasteiger partial charge in [-0.1, -0.05) is 18.2 Å². The Morgan fingerprint density at radius 1 is 1.21 bits per heavy atom. The van der Waals surface area contributed by atoms with Gasteiger partial charge in [0.1, 0.15) is 5.65 Å². The normalized spacial score (nSPS) is 11.2. The number of nitrogens with zero attached hydrogens (tertiary/aromatic N) is 2. The lowest BCUT2D eigenvalue weighted by molar-refractivity contribution is 0.0953. The summed E-state index contributed by atoms with van der Waals surface area (Å²) >= 11 is 0. The topological polar surface area (TPSA) is 62.2 Å². The lowest BCUT2D eigenvalue weighted by Crippen LogP contribution is -2.25. The lowest BCUT2D eigenvalue weighted by Gasteiger charge is -2.05. The van der Waals surface area contributed by atoms with Crippen LogP contribution in [0.5, 0.6) is 0 Å². The number of para-hydroxylation sites is 1. The minimum Gasteiger partial charge on any atom is -0.361 e. The van der Waals surface area contributed by atoms with Gasteiger partial charge in [-0.25, -0.2) is 4.98 Å². The molecule has 1 aromatic carbocycles. The maximum atomic E-state index is 12.3. The monoisotopic (exact) mass is 318 g/mol. The number of fused-ring (bicyclic) bond motifs is 2. The van der Waals surface area contributed by atoms with E-state index < -0.39 is 0 Å². The molecular weight excluding hydrogens is 300 g/mol. The van der Waals surface area contributed by atoms with E-state index in [2.05, 4.69) is 27.4 Å². The van der Waals surface area contributed by atoms with Crippen molar-refractivity contribution in [3.8, 4) is 0 Å². The maximum Gasteiger partial charge on any atom is 0.252 e. The number of pyridine rings is 1. The first kappa shape index (κ1) is 14.5. The standard InChI is InChI=1S/C19H18N4O/c1-13-11-23-12-15(6-7-18(23)22-13)19(24)20-9-8-14-10-21-17-5-3-2-4-16(14)17/h2-7,10-12,21H,8-9H2,1H3,(H,20,24). The van der Waals surface area contributed by atoms with E-state index in [0.29, 0.717) is 12.1 Å². The van der Waals surface area contributed by atoms with E-state index in [0.717, 1.165) is 23.3 Å². The summed E-state index contributed by atoms with van der Waals surface area (Å²) in [4.78, 5) is 20.0. The molecule has 5 nitrogen and oxygen atoms in total. The fourth-order valence-corrected chi connectivity index (χ4v) is 3.00. The molecule has 0 bridgehead atoms. The summed E-state index contributed by atoms with van der Waals surface area (Å²) in [6.45, 7) is 2.54. The van der Waals surface area contributed by atoms with Crippen molar-refractivity contribution < 1.29 is 4.79 Å². The number of imidazole rings is 1. The fourth-order valence-electron chi connectivity index (χ4n) is 3.00. The summed E-state index contributed by atoms with van der Waals surface area (Å²) in [5, 5.41) is 4.20. The highest BCUT2D eigenvalue weighted by Crippen LogP contribution is 2.17. The molecule has 0 saturated carbocycles. The van der Waals surface area contributed by atoms with Gasteiger partial charge >= 0.3 is 0 Å². The highest BCUT2D eigenvalue weighted by atomic mass is 16.1. The molecule has 0 fully saturated rings. The maximum absolute atomic E-state index is 12.3. The summed E-state index contributed by atoms with van der Waals surface area (Å²) in [6, 6.07) is 11.9. The second-order valence-electron chi connectivity index (χ2n) is 5.93. The molecule has 24 heavy (non-hydrogen) atoms. The van der Waals surface area contributed by atoms with Gasteiger partial charge in [-0.05, 0) is 37.1 Å². The van der Waals surface area contributed by atoms with E-state index >= 15 is 0 Å². The quantitative estimate of drug-likeness (QED) is 0.607. The number of rotatable bonds is 4. The van der Waals surface area contributed by atoms with E-state index in [9.17, 15) is 4.79 Å². The second-order valence-corrected chi connectivity index (χ2v) is 5.93.